The molecule has 2 bridgehead atoms. The molecule has 7 atom stereocenters. The zero-order chi connectivity index (χ0) is 30.3. The number of methoxy groups -OCH3 is 1. The first kappa shape index (κ1) is 30.8. The number of nitrogens with zero attached hydrogens (tertiary/aromatic N) is 3. The average molecular weight is 568 g/mol. The number of ether oxygens (including phenoxy) is 2. The van der Waals surface area contributed by atoms with Gasteiger partial charge in [-0.3, -0.25) is 14.4 Å². The van der Waals surface area contributed by atoms with E-state index < -0.39 is 35.1 Å². The van der Waals surface area contributed by atoms with Crippen LogP contribution in [0, 0.1) is 23.7 Å². The minimum atomic E-state index is -1.21. The summed E-state index contributed by atoms with van der Waals surface area (Å²) < 4.78 is 12.2. The lowest BCUT2D eigenvalue weighted by molar-refractivity contribution is -0.153. The number of aliphatic hydroxyl groups excluding tert-OH is 1. The van der Waals surface area contributed by atoms with Gasteiger partial charge in [-0.15, -0.1) is 13.2 Å². The van der Waals surface area contributed by atoms with Crippen molar-refractivity contribution in [3.8, 4) is 5.75 Å². The fourth-order valence-electron chi connectivity index (χ4n) is 7.43. The fourth-order valence-corrected chi connectivity index (χ4v) is 7.43. The molecule has 9 nitrogen and oxygen atoms in total. The highest BCUT2D eigenvalue weighted by Crippen LogP contribution is 2.66. The molecule has 3 fully saturated rings. The highest BCUT2D eigenvalue weighted by Gasteiger charge is 2.80. The summed E-state index contributed by atoms with van der Waals surface area (Å²) in [7, 11) is 3.27. The molecule has 0 radical (unpaired) electrons. The van der Waals surface area contributed by atoms with Crippen LogP contribution in [0.2, 0.25) is 0 Å². The Balaban J connectivity index is 1.88. The van der Waals surface area contributed by atoms with Crippen LogP contribution in [-0.2, 0) is 19.1 Å². The van der Waals surface area contributed by atoms with E-state index in [2.05, 4.69) is 13.2 Å². The van der Waals surface area contributed by atoms with Gasteiger partial charge in [0.2, 0.25) is 11.8 Å². The topological polar surface area (TPSA) is 99.6 Å². The maximum atomic E-state index is 14.8. The van der Waals surface area contributed by atoms with Gasteiger partial charge in [-0.1, -0.05) is 32.9 Å². The van der Waals surface area contributed by atoms with Crippen molar-refractivity contribution in [3.05, 3.63) is 49.6 Å². The summed E-state index contributed by atoms with van der Waals surface area (Å²) in [5.74, 6) is -1.72. The molecule has 3 aliphatic heterocycles. The summed E-state index contributed by atoms with van der Waals surface area (Å²) in [6, 6.07) is 5.51. The summed E-state index contributed by atoms with van der Waals surface area (Å²) in [5, 5.41) is 10.6. The van der Waals surface area contributed by atoms with Gasteiger partial charge in [0, 0.05) is 25.8 Å². The summed E-state index contributed by atoms with van der Waals surface area (Å²) in [5.41, 5.74) is -1.51. The Morgan fingerprint density at radius 2 is 1.83 bits per heavy atom. The molecule has 224 valence electrons. The SMILES string of the molecule is C=CCN(C)C(=O)[C@H]1[C@H]2C(=O)N([C@@H](CO)CC(C)C)C(C(=O)N(CC=C)c3ccc(OC)cc3)C23CC(C)[C@]1(C)O3. The van der Waals surface area contributed by atoms with E-state index in [1.807, 2.05) is 27.7 Å². The Bertz CT molecular complexity index is 1180. The molecule has 3 heterocycles. The number of carbonyl (C=O) groups is 3. The van der Waals surface area contributed by atoms with E-state index in [1.165, 1.54) is 0 Å². The summed E-state index contributed by atoms with van der Waals surface area (Å²) in [6.45, 7) is 15.8. The molecule has 4 rings (SSSR count). The Labute approximate surface area is 243 Å². The molecule has 3 unspecified atom stereocenters. The number of likely N-dealkylation sites (N-methyl/N-ethyl adjacent to an activating group) is 1. The van der Waals surface area contributed by atoms with Gasteiger partial charge >= 0.3 is 0 Å². The van der Waals surface area contributed by atoms with Crippen molar-refractivity contribution in [2.24, 2.45) is 23.7 Å². The molecule has 9 heteroatoms. The second-order valence-corrected chi connectivity index (χ2v) is 12.4. The maximum absolute atomic E-state index is 14.8. The van der Waals surface area contributed by atoms with E-state index in [0.29, 0.717) is 30.8 Å². The van der Waals surface area contributed by atoms with E-state index in [1.54, 1.807) is 65.3 Å². The van der Waals surface area contributed by atoms with Crippen molar-refractivity contribution < 1.29 is 29.0 Å². The third kappa shape index (κ3) is 4.87. The minimum Gasteiger partial charge on any atom is -0.497 e. The molecule has 41 heavy (non-hydrogen) atoms. The molecule has 0 aliphatic carbocycles. The monoisotopic (exact) mass is 567 g/mol. The third-order valence-corrected chi connectivity index (χ3v) is 9.34. The second kappa shape index (κ2) is 11.6. The number of aliphatic hydroxyl groups is 1. The molecule has 0 aromatic heterocycles. The molecule has 1 spiro atoms. The van der Waals surface area contributed by atoms with Crippen LogP contribution in [0.25, 0.3) is 0 Å². The second-order valence-electron chi connectivity index (χ2n) is 12.4. The Kier molecular flexibility index (Phi) is 8.71. The van der Waals surface area contributed by atoms with Crippen LogP contribution in [0.15, 0.2) is 49.6 Å². The summed E-state index contributed by atoms with van der Waals surface area (Å²) >= 11 is 0. The number of fused-ring (bicyclic) bond motifs is 1. The quantitative estimate of drug-likeness (QED) is 0.389. The van der Waals surface area contributed by atoms with Crippen molar-refractivity contribution in [2.45, 2.75) is 63.8 Å². The average Bonchev–Trinajstić information content (AvgIpc) is 3.46. The van der Waals surface area contributed by atoms with Crippen LogP contribution in [-0.4, -0.2) is 89.8 Å². The first-order valence-corrected chi connectivity index (χ1v) is 14.5. The third-order valence-electron chi connectivity index (χ3n) is 9.34. The van der Waals surface area contributed by atoms with Gasteiger partial charge in [0.1, 0.15) is 17.4 Å². The number of likely N-dealkylation sites (tertiary alicyclic amines) is 1. The van der Waals surface area contributed by atoms with E-state index in [9.17, 15) is 19.5 Å². The molecule has 1 aromatic rings. The highest BCUT2D eigenvalue weighted by atomic mass is 16.5. The molecule has 3 aliphatic rings. The lowest BCUT2D eigenvalue weighted by Crippen LogP contribution is -2.59. The smallest absolute Gasteiger partial charge is 0.253 e. The van der Waals surface area contributed by atoms with Gasteiger partial charge in [-0.25, -0.2) is 0 Å². The predicted octanol–water partition coefficient (Wildman–Crippen LogP) is 3.28. The van der Waals surface area contributed by atoms with E-state index in [0.717, 1.165) is 0 Å². The van der Waals surface area contributed by atoms with Crippen LogP contribution < -0.4 is 9.64 Å². The molecule has 1 aromatic carbocycles. The molecular weight excluding hydrogens is 522 g/mol. The molecular formula is C32H45N3O6. The lowest BCUT2D eigenvalue weighted by Gasteiger charge is -2.40. The van der Waals surface area contributed by atoms with Crippen molar-refractivity contribution in [1.82, 2.24) is 9.80 Å². The molecule has 3 amide bonds. The molecule has 1 N–H and O–H groups in total. The van der Waals surface area contributed by atoms with Crippen molar-refractivity contribution >= 4 is 23.4 Å². The van der Waals surface area contributed by atoms with E-state index in [-0.39, 0.29) is 42.7 Å². The van der Waals surface area contributed by atoms with Gasteiger partial charge in [-0.2, -0.15) is 0 Å². The van der Waals surface area contributed by atoms with Crippen molar-refractivity contribution in [1.29, 1.82) is 0 Å². The molecule has 0 saturated carbocycles. The van der Waals surface area contributed by atoms with Gasteiger partial charge < -0.3 is 29.3 Å². The number of anilines is 1. The largest absolute Gasteiger partial charge is 0.497 e. The first-order chi connectivity index (χ1) is 19.4. The van der Waals surface area contributed by atoms with Crippen molar-refractivity contribution in [3.63, 3.8) is 0 Å². The Morgan fingerprint density at radius 1 is 1.20 bits per heavy atom. The van der Waals surface area contributed by atoms with Crippen LogP contribution in [0.4, 0.5) is 5.69 Å². The number of hydrogen-bond donors (Lipinski definition) is 1. The van der Waals surface area contributed by atoms with Gasteiger partial charge in [0.25, 0.3) is 5.91 Å². The zero-order valence-corrected chi connectivity index (χ0v) is 25.2. The summed E-state index contributed by atoms with van der Waals surface area (Å²) in [4.78, 5) is 48.0. The van der Waals surface area contributed by atoms with Crippen LogP contribution >= 0.6 is 0 Å². The minimum absolute atomic E-state index is 0.0839. The van der Waals surface area contributed by atoms with Gasteiger partial charge in [-0.05, 0) is 55.9 Å². The van der Waals surface area contributed by atoms with Gasteiger partial charge in [0.05, 0.1) is 37.2 Å². The Morgan fingerprint density at radius 3 is 2.37 bits per heavy atom. The number of rotatable bonds is 12. The number of amides is 3. The lowest BCUT2D eigenvalue weighted by atomic mass is 9.62. The zero-order valence-electron chi connectivity index (χ0n) is 25.2. The van der Waals surface area contributed by atoms with Crippen LogP contribution in [0.3, 0.4) is 0 Å². The maximum Gasteiger partial charge on any atom is 0.253 e. The highest BCUT2D eigenvalue weighted by molar-refractivity contribution is 6.05. The standard InChI is InChI=1S/C32H45N3O6/c1-9-15-33(7)28(37)25-26-29(38)35(23(19-36)17-20(3)4)27(32(26)18-21(5)31(25,6)41-32)30(39)34(16-10-2)22-11-13-24(40-8)14-12-22/h9-14,20-21,23,25-27,36H,1-2,15-19H2,3-8H3/t21?,23-,25-,26+,27?,31+,32?/m1/s1. The first-order valence-electron chi connectivity index (χ1n) is 14.5. The van der Waals surface area contributed by atoms with Crippen LogP contribution in [0.5, 0.6) is 5.75 Å². The van der Waals surface area contributed by atoms with Crippen molar-refractivity contribution in [2.75, 3.05) is 38.8 Å². The Hall–Kier alpha value is -3.17. The van der Waals surface area contributed by atoms with E-state index >= 15 is 0 Å². The summed E-state index contributed by atoms with van der Waals surface area (Å²) in [6.07, 6.45) is 4.24. The fraction of sp³-hybridized carbons (Fsp3) is 0.594. The number of hydrogen-bond acceptors (Lipinski definition) is 6. The number of carbonyl (C=O) groups excluding carboxylic acids is 3. The molecule has 3 saturated heterocycles. The number of benzene rings is 1. The predicted molar refractivity (Wildman–Crippen MR) is 157 cm³/mol. The normalized spacial score (nSPS) is 30.7. The van der Waals surface area contributed by atoms with Gasteiger partial charge in [0.15, 0.2) is 0 Å². The van der Waals surface area contributed by atoms with Crippen LogP contribution in [0.1, 0.15) is 40.5 Å². The van der Waals surface area contributed by atoms with E-state index in [4.69, 9.17) is 9.47 Å².